The SMILES string of the molecule is CCOCC(=O)N1CCC(C(=O)N[C@H]2Cc3ccc(cc3)OCCNC(=O)[C@H]3CCCN3C(=O)[C@H](CC(C)C)NC(=O)[C@@H](C)NC2=O)CC1. The van der Waals surface area contributed by atoms with E-state index in [4.69, 9.17) is 9.47 Å². The highest BCUT2D eigenvalue weighted by Gasteiger charge is 2.38. The number of nitrogens with zero attached hydrogens (tertiary/aromatic N) is 2. The van der Waals surface area contributed by atoms with Gasteiger partial charge in [-0.25, -0.2) is 0 Å². The third-order valence-corrected chi connectivity index (χ3v) is 9.23. The monoisotopic (exact) mass is 684 g/mol. The maximum atomic E-state index is 13.7. The number of likely N-dealkylation sites (tertiary alicyclic amines) is 1. The molecule has 4 aliphatic heterocycles. The molecule has 2 saturated heterocycles. The van der Waals surface area contributed by atoms with Crippen molar-refractivity contribution in [1.82, 2.24) is 31.1 Å². The Labute approximate surface area is 288 Å². The molecular formula is C35H52N6O8. The van der Waals surface area contributed by atoms with Gasteiger partial charge in [-0.2, -0.15) is 0 Å². The number of carbonyl (C=O) groups is 6. The van der Waals surface area contributed by atoms with E-state index in [9.17, 15) is 28.8 Å². The van der Waals surface area contributed by atoms with E-state index in [0.717, 1.165) is 5.56 Å². The third-order valence-electron chi connectivity index (χ3n) is 9.23. The lowest BCUT2D eigenvalue weighted by molar-refractivity contribution is -0.142. The van der Waals surface area contributed by atoms with Crippen LogP contribution in [0.1, 0.15) is 65.4 Å². The molecule has 2 bridgehead atoms. The molecule has 2 fully saturated rings. The molecule has 0 aromatic heterocycles. The van der Waals surface area contributed by atoms with Gasteiger partial charge in [0.1, 0.15) is 43.1 Å². The van der Waals surface area contributed by atoms with E-state index in [-0.39, 0.29) is 61.6 Å². The molecule has 270 valence electrons. The van der Waals surface area contributed by atoms with E-state index in [1.807, 2.05) is 20.8 Å². The van der Waals surface area contributed by atoms with Crippen molar-refractivity contribution in [2.75, 3.05) is 46.0 Å². The summed E-state index contributed by atoms with van der Waals surface area (Å²) in [4.78, 5) is 83.0. The Bertz CT molecular complexity index is 1330. The van der Waals surface area contributed by atoms with Gasteiger partial charge in [-0.05, 0) is 69.6 Å². The molecule has 0 radical (unpaired) electrons. The summed E-state index contributed by atoms with van der Waals surface area (Å²) < 4.78 is 11.1. The fourth-order valence-corrected chi connectivity index (χ4v) is 6.46. The molecule has 4 atom stereocenters. The van der Waals surface area contributed by atoms with Gasteiger partial charge in [0.15, 0.2) is 0 Å². The molecule has 0 unspecified atom stereocenters. The molecule has 14 heteroatoms. The summed E-state index contributed by atoms with van der Waals surface area (Å²) >= 11 is 0. The molecule has 1 aromatic carbocycles. The number of nitrogens with one attached hydrogen (secondary N) is 4. The lowest BCUT2D eigenvalue weighted by Gasteiger charge is -2.32. The summed E-state index contributed by atoms with van der Waals surface area (Å²) in [5.74, 6) is -1.84. The summed E-state index contributed by atoms with van der Waals surface area (Å²) in [5, 5.41) is 11.3. The Hall–Kier alpha value is -4.20. The van der Waals surface area contributed by atoms with Gasteiger partial charge in [0.05, 0.1) is 6.54 Å². The second-order valence-corrected chi connectivity index (χ2v) is 13.5. The van der Waals surface area contributed by atoms with Crippen LogP contribution in [0.15, 0.2) is 24.3 Å². The Morgan fingerprint density at radius 3 is 2.37 bits per heavy atom. The molecule has 0 saturated carbocycles. The van der Waals surface area contributed by atoms with Gasteiger partial charge in [-0.1, -0.05) is 26.0 Å². The normalized spacial score (nSPS) is 24.8. The van der Waals surface area contributed by atoms with Crippen LogP contribution in [0.2, 0.25) is 0 Å². The van der Waals surface area contributed by atoms with E-state index in [1.165, 1.54) is 11.8 Å². The van der Waals surface area contributed by atoms with Crippen molar-refractivity contribution in [3.63, 3.8) is 0 Å². The van der Waals surface area contributed by atoms with Gasteiger partial charge in [-0.15, -0.1) is 0 Å². The topological polar surface area (TPSA) is 175 Å². The number of benzene rings is 1. The molecule has 1 aromatic rings. The van der Waals surface area contributed by atoms with E-state index < -0.39 is 36.0 Å². The number of hydrogen-bond donors (Lipinski definition) is 4. The molecule has 14 nitrogen and oxygen atoms in total. The molecule has 5 rings (SSSR count). The molecule has 49 heavy (non-hydrogen) atoms. The van der Waals surface area contributed by atoms with Crippen LogP contribution >= 0.6 is 0 Å². The minimum Gasteiger partial charge on any atom is -0.492 e. The quantitative estimate of drug-likeness (QED) is 0.322. The van der Waals surface area contributed by atoms with Gasteiger partial charge in [0.25, 0.3) is 0 Å². The highest BCUT2D eigenvalue weighted by atomic mass is 16.5. The Morgan fingerprint density at radius 1 is 0.980 bits per heavy atom. The third kappa shape index (κ3) is 10.6. The second-order valence-electron chi connectivity index (χ2n) is 13.5. The number of carbonyl (C=O) groups excluding carboxylic acids is 6. The van der Waals surface area contributed by atoms with Gasteiger partial charge in [-0.3, -0.25) is 28.8 Å². The zero-order valence-electron chi connectivity index (χ0n) is 29.1. The van der Waals surface area contributed by atoms with Crippen molar-refractivity contribution < 1.29 is 38.2 Å². The smallest absolute Gasteiger partial charge is 0.248 e. The van der Waals surface area contributed by atoms with Gasteiger partial charge in [0, 0.05) is 38.6 Å². The number of amides is 6. The van der Waals surface area contributed by atoms with E-state index in [1.54, 1.807) is 29.2 Å². The van der Waals surface area contributed by atoms with Gasteiger partial charge >= 0.3 is 0 Å². The van der Waals surface area contributed by atoms with Gasteiger partial charge < -0.3 is 40.5 Å². The van der Waals surface area contributed by atoms with Crippen LogP contribution in [0.25, 0.3) is 0 Å². The van der Waals surface area contributed by atoms with Crippen LogP contribution < -0.4 is 26.0 Å². The molecule has 0 aliphatic carbocycles. The highest BCUT2D eigenvalue weighted by molar-refractivity contribution is 5.96. The van der Waals surface area contributed by atoms with Crippen molar-refractivity contribution in [1.29, 1.82) is 0 Å². The van der Waals surface area contributed by atoms with Crippen molar-refractivity contribution in [2.45, 2.75) is 90.4 Å². The van der Waals surface area contributed by atoms with Gasteiger partial charge in [0.2, 0.25) is 35.4 Å². The average Bonchev–Trinajstić information content (AvgIpc) is 3.58. The Morgan fingerprint density at radius 2 is 1.69 bits per heavy atom. The minimum absolute atomic E-state index is 0.00686. The van der Waals surface area contributed by atoms with E-state index in [0.29, 0.717) is 64.1 Å². The first kappa shape index (κ1) is 37.6. The average molecular weight is 685 g/mol. The van der Waals surface area contributed by atoms with Crippen molar-refractivity contribution in [2.24, 2.45) is 11.8 Å². The number of hydrogen-bond acceptors (Lipinski definition) is 8. The minimum atomic E-state index is -1.02. The molecule has 4 aliphatic rings. The summed E-state index contributed by atoms with van der Waals surface area (Å²) in [5.41, 5.74) is 0.757. The predicted molar refractivity (Wildman–Crippen MR) is 180 cm³/mol. The van der Waals surface area contributed by atoms with E-state index in [2.05, 4.69) is 21.3 Å². The summed E-state index contributed by atoms with van der Waals surface area (Å²) in [6.07, 6.45) is 2.60. The number of rotatable bonds is 7. The van der Waals surface area contributed by atoms with Crippen molar-refractivity contribution in [3.8, 4) is 5.75 Å². The maximum Gasteiger partial charge on any atom is 0.248 e. The first-order chi connectivity index (χ1) is 23.5. The molecule has 0 spiro atoms. The first-order valence-electron chi connectivity index (χ1n) is 17.5. The van der Waals surface area contributed by atoms with Crippen LogP contribution in [0.3, 0.4) is 0 Å². The zero-order valence-corrected chi connectivity index (χ0v) is 29.1. The zero-order chi connectivity index (χ0) is 35.5. The van der Waals surface area contributed by atoms with Crippen molar-refractivity contribution in [3.05, 3.63) is 29.8 Å². The molecule has 6 amide bonds. The molecular weight excluding hydrogens is 632 g/mol. The highest BCUT2D eigenvalue weighted by Crippen LogP contribution is 2.22. The predicted octanol–water partition coefficient (Wildman–Crippen LogP) is 0.524. The van der Waals surface area contributed by atoms with Crippen LogP contribution in [-0.4, -0.2) is 115 Å². The second kappa shape index (κ2) is 18.0. The summed E-state index contributed by atoms with van der Waals surface area (Å²) in [6.45, 7) is 9.38. The van der Waals surface area contributed by atoms with Crippen LogP contribution in [0.4, 0.5) is 0 Å². The standard InChI is InChI=1S/C35H52N6O8/c1-5-48-21-30(42)40-16-12-25(13-17-40)32(44)38-27-20-24-8-10-26(11-9-24)49-18-14-36-34(46)29-7-6-15-41(29)35(47)28(19-22(2)3)39-31(43)23(4)37-33(27)45/h8-11,22-23,25,27-29H,5-7,12-21H2,1-4H3,(H,36,46)(H,37,45)(H,38,44)(H,39,43)/t23-,27+,28+,29-/m1/s1. The fourth-order valence-electron chi connectivity index (χ4n) is 6.46. The van der Waals surface area contributed by atoms with Crippen LogP contribution in [0, 0.1) is 11.8 Å². The maximum absolute atomic E-state index is 13.7. The first-order valence-corrected chi connectivity index (χ1v) is 17.5. The number of ether oxygens (including phenoxy) is 2. The largest absolute Gasteiger partial charge is 0.492 e. The number of fused-ring (bicyclic) bond motifs is 14. The lowest BCUT2D eigenvalue weighted by Crippen LogP contribution is -2.58. The summed E-state index contributed by atoms with van der Waals surface area (Å²) in [7, 11) is 0. The Kier molecular flexibility index (Phi) is 13.8. The fraction of sp³-hybridized carbons (Fsp3) is 0.657. The summed E-state index contributed by atoms with van der Waals surface area (Å²) in [6, 6.07) is 3.57. The van der Waals surface area contributed by atoms with Crippen LogP contribution in [0.5, 0.6) is 5.75 Å². The Balaban J connectivity index is 1.51. The number of piperidine rings is 1. The molecule has 4 N–H and O–H groups in total. The lowest BCUT2D eigenvalue weighted by atomic mass is 9.94. The van der Waals surface area contributed by atoms with E-state index >= 15 is 0 Å². The van der Waals surface area contributed by atoms with Crippen LogP contribution in [-0.2, 0) is 39.9 Å². The van der Waals surface area contributed by atoms with Crippen molar-refractivity contribution >= 4 is 35.4 Å². The molecule has 4 heterocycles.